The van der Waals surface area contributed by atoms with Gasteiger partial charge in [0.2, 0.25) is 0 Å². The number of carbonyl (C=O) groups excluding carboxylic acids is 1. The lowest BCUT2D eigenvalue weighted by Gasteiger charge is -2.08. The number of nitrogens with one attached hydrogen (secondary N) is 1. The van der Waals surface area contributed by atoms with Crippen LogP contribution in [0, 0.1) is 0 Å². The van der Waals surface area contributed by atoms with Crippen LogP contribution in [0.2, 0.25) is 0 Å². The summed E-state index contributed by atoms with van der Waals surface area (Å²) in [7, 11) is 0. The number of rotatable bonds is 4. The van der Waals surface area contributed by atoms with Crippen molar-refractivity contribution in [2.75, 3.05) is 6.54 Å². The molecule has 82 valence electrons. The highest BCUT2D eigenvalue weighted by molar-refractivity contribution is 5.67. The Morgan fingerprint density at radius 2 is 2.13 bits per heavy atom. The molecule has 0 heterocycles. The van der Waals surface area contributed by atoms with Gasteiger partial charge < -0.3 is 15.2 Å². The van der Waals surface area contributed by atoms with Gasteiger partial charge in [-0.15, -0.1) is 0 Å². The van der Waals surface area contributed by atoms with Gasteiger partial charge in [0, 0.05) is 6.54 Å². The second-order valence-electron chi connectivity index (χ2n) is 3.29. The normalized spacial score (nSPS) is 11.9. The van der Waals surface area contributed by atoms with Crippen molar-refractivity contribution in [2.45, 2.75) is 19.6 Å². The predicted molar refractivity (Wildman–Crippen MR) is 56.3 cm³/mol. The highest BCUT2D eigenvalue weighted by atomic mass is 16.5. The van der Waals surface area contributed by atoms with Crippen LogP contribution in [0.25, 0.3) is 0 Å². The molecule has 15 heavy (non-hydrogen) atoms. The van der Waals surface area contributed by atoms with Gasteiger partial charge >= 0.3 is 6.09 Å². The maximum absolute atomic E-state index is 11.1. The first-order chi connectivity index (χ1) is 7.18. The monoisotopic (exact) mass is 209 g/mol. The largest absolute Gasteiger partial charge is 0.445 e. The summed E-state index contributed by atoms with van der Waals surface area (Å²) in [6, 6.07) is 9.42. The minimum atomic E-state index is -0.561. The Morgan fingerprint density at radius 3 is 2.73 bits per heavy atom. The van der Waals surface area contributed by atoms with Gasteiger partial charge in [-0.05, 0) is 12.5 Å². The van der Waals surface area contributed by atoms with E-state index in [0.29, 0.717) is 0 Å². The summed E-state index contributed by atoms with van der Waals surface area (Å²) in [5, 5.41) is 11.4. The fourth-order valence-corrected chi connectivity index (χ4v) is 1.01. The number of aliphatic hydroxyl groups excluding tert-OH is 1. The van der Waals surface area contributed by atoms with Crippen molar-refractivity contribution in [3.05, 3.63) is 35.9 Å². The first kappa shape index (κ1) is 11.5. The molecule has 0 saturated heterocycles. The molecule has 4 heteroatoms. The van der Waals surface area contributed by atoms with Gasteiger partial charge in [0.15, 0.2) is 0 Å². The molecule has 0 fully saturated rings. The molecule has 0 aliphatic heterocycles. The fraction of sp³-hybridized carbons (Fsp3) is 0.364. The average Bonchev–Trinajstić information content (AvgIpc) is 2.25. The lowest BCUT2D eigenvalue weighted by molar-refractivity contribution is 0.129. The van der Waals surface area contributed by atoms with E-state index in [1.165, 1.54) is 0 Å². The molecule has 1 rings (SSSR count). The highest BCUT2D eigenvalue weighted by Gasteiger charge is 2.03. The molecule has 0 spiro atoms. The molecule has 1 aromatic rings. The molecule has 0 unspecified atom stereocenters. The van der Waals surface area contributed by atoms with E-state index in [1.54, 1.807) is 6.92 Å². The molecule has 4 nitrogen and oxygen atoms in total. The molecule has 0 saturated carbocycles. The van der Waals surface area contributed by atoms with E-state index in [9.17, 15) is 4.79 Å². The Morgan fingerprint density at radius 1 is 1.47 bits per heavy atom. The van der Waals surface area contributed by atoms with Crippen molar-refractivity contribution >= 4 is 6.09 Å². The highest BCUT2D eigenvalue weighted by Crippen LogP contribution is 2.00. The molecule has 0 radical (unpaired) electrons. The van der Waals surface area contributed by atoms with Gasteiger partial charge in [-0.1, -0.05) is 30.3 Å². The fourth-order valence-electron chi connectivity index (χ4n) is 1.01. The number of hydrogen-bond donors (Lipinski definition) is 2. The van der Waals surface area contributed by atoms with E-state index in [2.05, 4.69) is 5.32 Å². The standard InChI is InChI=1S/C11H15NO3/c1-9(13)7-12-11(14)15-8-10-5-3-2-4-6-10/h2-6,9,13H,7-8H2,1H3,(H,12,14)/t9-/m1/s1. The van der Waals surface area contributed by atoms with Crippen molar-refractivity contribution in [3.63, 3.8) is 0 Å². The number of alkyl carbamates (subject to hydrolysis) is 1. The summed E-state index contributed by atoms with van der Waals surface area (Å²) >= 11 is 0. The second-order valence-corrected chi connectivity index (χ2v) is 3.29. The van der Waals surface area contributed by atoms with Crippen LogP contribution in [-0.2, 0) is 11.3 Å². The quantitative estimate of drug-likeness (QED) is 0.785. The van der Waals surface area contributed by atoms with Crippen LogP contribution in [0.15, 0.2) is 30.3 Å². The molecular formula is C11H15NO3. The molecular weight excluding hydrogens is 194 g/mol. The van der Waals surface area contributed by atoms with Gasteiger partial charge in [0.05, 0.1) is 6.10 Å². The maximum atomic E-state index is 11.1. The van der Waals surface area contributed by atoms with E-state index < -0.39 is 12.2 Å². The van der Waals surface area contributed by atoms with Gasteiger partial charge in [0.25, 0.3) is 0 Å². The Kier molecular flexibility index (Phi) is 4.63. The van der Waals surface area contributed by atoms with Crippen LogP contribution in [0.5, 0.6) is 0 Å². The third-order valence-corrected chi connectivity index (χ3v) is 1.75. The van der Waals surface area contributed by atoms with Crippen LogP contribution >= 0.6 is 0 Å². The summed E-state index contributed by atoms with van der Waals surface area (Å²) < 4.78 is 4.92. The maximum Gasteiger partial charge on any atom is 0.407 e. The van der Waals surface area contributed by atoms with Crippen molar-refractivity contribution in [1.82, 2.24) is 5.32 Å². The first-order valence-corrected chi connectivity index (χ1v) is 4.81. The predicted octanol–water partition coefficient (Wildman–Crippen LogP) is 1.29. The number of aliphatic hydroxyl groups is 1. The van der Waals surface area contributed by atoms with E-state index >= 15 is 0 Å². The van der Waals surface area contributed by atoms with Crippen molar-refractivity contribution in [3.8, 4) is 0 Å². The van der Waals surface area contributed by atoms with Gasteiger partial charge in [-0.3, -0.25) is 0 Å². The number of carbonyl (C=O) groups is 1. The van der Waals surface area contributed by atoms with Gasteiger partial charge in [-0.25, -0.2) is 4.79 Å². The summed E-state index contributed by atoms with van der Waals surface area (Å²) in [6.45, 7) is 2.04. The van der Waals surface area contributed by atoms with Crippen LogP contribution in [-0.4, -0.2) is 23.8 Å². The number of benzene rings is 1. The Labute approximate surface area is 88.9 Å². The summed E-state index contributed by atoms with van der Waals surface area (Å²) in [6.07, 6.45) is -1.07. The third kappa shape index (κ3) is 5.02. The third-order valence-electron chi connectivity index (χ3n) is 1.75. The van der Waals surface area contributed by atoms with Crippen molar-refractivity contribution in [2.24, 2.45) is 0 Å². The smallest absolute Gasteiger partial charge is 0.407 e. The van der Waals surface area contributed by atoms with Crippen LogP contribution in [0.1, 0.15) is 12.5 Å². The topological polar surface area (TPSA) is 58.6 Å². The van der Waals surface area contributed by atoms with Crippen LogP contribution < -0.4 is 5.32 Å². The van der Waals surface area contributed by atoms with Crippen LogP contribution in [0.3, 0.4) is 0 Å². The van der Waals surface area contributed by atoms with E-state index in [1.807, 2.05) is 30.3 Å². The lowest BCUT2D eigenvalue weighted by atomic mass is 10.2. The molecule has 0 aliphatic rings. The van der Waals surface area contributed by atoms with Gasteiger partial charge in [-0.2, -0.15) is 0 Å². The molecule has 0 aliphatic carbocycles. The SMILES string of the molecule is C[C@@H](O)CNC(=O)OCc1ccccc1. The molecule has 0 aromatic heterocycles. The number of hydrogen-bond acceptors (Lipinski definition) is 3. The van der Waals surface area contributed by atoms with E-state index in [-0.39, 0.29) is 13.2 Å². The Balaban J connectivity index is 2.23. The summed E-state index contributed by atoms with van der Waals surface area (Å²) in [5.74, 6) is 0. The van der Waals surface area contributed by atoms with Crippen molar-refractivity contribution < 1.29 is 14.6 Å². The second kappa shape index (κ2) is 6.03. The molecule has 1 atom stereocenters. The van der Waals surface area contributed by atoms with Crippen LogP contribution in [0.4, 0.5) is 4.79 Å². The molecule has 1 aromatic carbocycles. The molecule has 2 N–H and O–H groups in total. The zero-order valence-electron chi connectivity index (χ0n) is 8.64. The minimum absolute atomic E-state index is 0.202. The lowest BCUT2D eigenvalue weighted by Crippen LogP contribution is -2.30. The summed E-state index contributed by atoms with van der Waals surface area (Å²) in [4.78, 5) is 11.1. The average molecular weight is 209 g/mol. The Bertz CT molecular complexity index is 298. The zero-order chi connectivity index (χ0) is 11.1. The Hall–Kier alpha value is -1.55. The zero-order valence-corrected chi connectivity index (χ0v) is 8.64. The molecule has 1 amide bonds. The number of amides is 1. The first-order valence-electron chi connectivity index (χ1n) is 4.81. The van der Waals surface area contributed by atoms with Crippen molar-refractivity contribution in [1.29, 1.82) is 0 Å². The van der Waals surface area contributed by atoms with Gasteiger partial charge in [0.1, 0.15) is 6.61 Å². The van der Waals surface area contributed by atoms with E-state index in [4.69, 9.17) is 9.84 Å². The van der Waals surface area contributed by atoms with E-state index in [0.717, 1.165) is 5.56 Å². The number of ether oxygens (including phenoxy) is 1. The minimum Gasteiger partial charge on any atom is -0.445 e. The molecule has 0 bridgehead atoms. The summed E-state index contributed by atoms with van der Waals surface area (Å²) in [5.41, 5.74) is 0.935.